The summed E-state index contributed by atoms with van der Waals surface area (Å²) in [7, 11) is 0. The van der Waals surface area contributed by atoms with E-state index in [1.807, 2.05) is 0 Å². The summed E-state index contributed by atoms with van der Waals surface area (Å²) >= 11 is 0. The zero-order valence-corrected chi connectivity index (χ0v) is 5.70. The molecule has 0 aliphatic carbocycles. The number of carboxylic acid groups (broad SMARTS) is 2. The Morgan fingerprint density at radius 2 is 1.45 bits per heavy atom. The summed E-state index contributed by atoms with van der Waals surface area (Å²) in [6.45, 7) is 1.60. The molecule has 0 aliphatic heterocycles. The molecule has 0 unspecified atom stereocenters. The van der Waals surface area contributed by atoms with Crippen LogP contribution in [0.1, 0.15) is 19.8 Å². The van der Waals surface area contributed by atoms with Gasteiger partial charge in [0, 0.05) is 12.8 Å². The summed E-state index contributed by atoms with van der Waals surface area (Å²) < 4.78 is 0. The van der Waals surface area contributed by atoms with Crippen molar-refractivity contribution in [1.29, 1.82) is 0 Å². The van der Waals surface area contributed by atoms with E-state index >= 15 is 0 Å². The molecule has 0 radical (unpaired) electrons. The van der Waals surface area contributed by atoms with E-state index in [0.29, 0.717) is 0 Å². The van der Waals surface area contributed by atoms with Gasteiger partial charge in [-0.1, -0.05) is 6.92 Å². The molecule has 60 valence electrons. The fourth-order valence-electron chi connectivity index (χ4n) is 0.668. The van der Waals surface area contributed by atoms with Gasteiger partial charge < -0.3 is 10.2 Å². The van der Waals surface area contributed by atoms with Crippen molar-refractivity contribution in [3.8, 4) is 0 Å². The Morgan fingerprint density at radius 1 is 1.18 bits per heavy atom. The second-order valence-corrected chi connectivity index (χ2v) is 2.30. The number of aliphatic carboxylic acids is 2. The molecule has 2 N–H and O–H groups in total. The molecule has 0 amide bonds. The Hall–Kier alpha value is -0.0600. The number of hydrogen-bond acceptors (Lipinski definition) is 2. The third kappa shape index (κ3) is 9.94. The standard InChI is InChI=1S/C6H10O4.Na.H/c1-4(2-5(7)8)3-6(9)10;;/h4H,2-3H2,1H3,(H,7,8)(H,9,10);;. The fourth-order valence-corrected chi connectivity index (χ4v) is 0.668. The summed E-state index contributed by atoms with van der Waals surface area (Å²) in [6.07, 6.45) is -0.154. The SMILES string of the molecule is CC(CC(=O)O)CC(=O)O.[NaH]. The minimum atomic E-state index is -0.950. The molecule has 0 heterocycles. The molecule has 0 rings (SSSR count). The number of rotatable bonds is 4. The Labute approximate surface area is 86.9 Å². The van der Waals surface area contributed by atoms with Gasteiger partial charge in [0.2, 0.25) is 0 Å². The first-order valence-electron chi connectivity index (χ1n) is 2.96. The van der Waals surface area contributed by atoms with Crippen molar-refractivity contribution < 1.29 is 19.8 Å². The van der Waals surface area contributed by atoms with Gasteiger partial charge in [-0.3, -0.25) is 9.59 Å². The van der Waals surface area contributed by atoms with Gasteiger partial charge in [-0.2, -0.15) is 0 Å². The van der Waals surface area contributed by atoms with Gasteiger partial charge >= 0.3 is 41.5 Å². The van der Waals surface area contributed by atoms with Gasteiger partial charge in [0.15, 0.2) is 0 Å². The number of hydrogen-bond donors (Lipinski definition) is 2. The van der Waals surface area contributed by atoms with E-state index < -0.39 is 11.9 Å². The Balaban J connectivity index is 0. The van der Waals surface area contributed by atoms with Gasteiger partial charge in [-0.25, -0.2) is 0 Å². The first-order chi connectivity index (χ1) is 4.52. The average molecular weight is 170 g/mol. The van der Waals surface area contributed by atoms with Gasteiger partial charge in [0.1, 0.15) is 0 Å². The molecular weight excluding hydrogens is 159 g/mol. The monoisotopic (exact) mass is 170 g/mol. The van der Waals surface area contributed by atoms with Crippen molar-refractivity contribution in [2.24, 2.45) is 5.92 Å². The molecule has 0 saturated carbocycles. The van der Waals surface area contributed by atoms with E-state index in [1.165, 1.54) is 0 Å². The Kier molecular flexibility index (Phi) is 8.16. The van der Waals surface area contributed by atoms with Gasteiger partial charge in [0.25, 0.3) is 0 Å². The van der Waals surface area contributed by atoms with Gasteiger partial charge in [0.05, 0.1) is 0 Å². The van der Waals surface area contributed by atoms with Crippen molar-refractivity contribution in [3.63, 3.8) is 0 Å². The molecular formula is C6H11NaO4. The fraction of sp³-hybridized carbons (Fsp3) is 0.667. The first-order valence-corrected chi connectivity index (χ1v) is 2.96. The van der Waals surface area contributed by atoms with Crippen molar-refractivity contribution in [2.45, 2.75) is 19.8 Å². The molecule has 0 fully saturated rings. The molecule has 0 aromatic rings. The van der Waals surface area contributed by atoms with Crippen molar-refractivity contribution >= 4 is 41.5 Å². The van der Waals surface area contributed by atoms with Gasteiger partial charge in [-0.15, -0.1) is 0 Å². The summed E-state index contributed by atoms with van der Waals surface area (Å²) in [5, 5.41) is 16.4. The zero-order valence-electron chi connectivity index (χ0n) is 5.70. The summed E-state index contributed by atoms with van der Waals surface area (Å²) in [4.78, 5) is 20.0. The van der Waals surface area contributed by atoms with Crippen molar-refractivity contribution in [2.75, 3.05) is 0 Å². The molecule has 0 aromatic carbocycles. The molecule has 0 bridgehead atoms. The molecule has 0 atom stereocenters. The summed E-state index contributed by atoms with van der Waals surface area (Å²) in [5.74, 6) is -2.18. The van der Waals surface area contributed by atoms with Crippen LogP contribution in [0.4, 0.5) is 0 Å². The molecule has 4 nitrogen and oxygen atoms in total. The maximum absolute atomic E-state index is 10.00. The minimum absolute atomic E-state index is 0. The van der Waals surface area contributed by atoms with E-state index in [0.717, 1.165) is 0 Å². The second kappa shape index (κ2) is 6.64. The van der Waals surface area contributed by atoms with Crippen LogP contribution in [0.2, 0.25) is 0 Å². The van der Waals surface area contributed by atoms with Crippen LogP contribution in [0.3, 0.4) is 0 Å². The Bertz CT molecular complexity index is 130. The van der Waals surface area contributed by atoms with Crippen LogP contribution in [0.15, 0.2) is 0 Å². The van der Waals surface area contributed by atoms with E-state index in [4.69, 9.17) is 10.2 Å². The zero-order chi connectivity index (χ0) is 8.15. The van der Waals surface area contributed by atoms with Crippen LogP contribution in [-0.4, -0.2) is 51.7 Å². The van der Waals surface area contributed by atoms with Crippen molar-refractivity contribution in [3.05, 3.63) is 0 Å². The Morgan fingerprint density at radius 3 is 1.64 bits per heavy atom. The maximum atomic E-state index is 10.00. The predicted molar refractivity (Wildman–Crippen MR) is 40.8 cm³/mol. The van der Waals surface area contributed by atoms with E-state index in [1.54, 1.807) is 6.92 Å². The molecule has 0 aromatic heterocycles. The average Bonchev–Trinajstić information content (AvgIpc) is 1.58. The van der Waals surface area contributed by atoms with E-state index in [-0.39, 0.29) is 48.3 Å². The molecule has 0 aliphatic rings. The van der Waals surface area contributed by atoms with Crippen LogP contribution in [0.5, 0.6) is 0 Å². The molecule has 0 spiro atoms. The number of carbonyl (C=O) groups is 2. The summed E-state index contributed by atoms with van der Waals surface area (Å²) in [6, 6.07) is 0. The molecule has 11 heavy (non-hydrogen) atoms. The third-order valence-corrected chi connectivity index (χ3v) is 1.05. The number of carboxylic acids is 2. The molecule has 0 saturated heterocycles. The van der Waals surface area contributed by atoms with Crippen LogP contribution in [0, 0.1) is 5.92 Å². The van der Waals surface area contributed by atoms with Crippen LogP contribution >= 0.6 is 0 Å². The van der Waals surface area contributed by atoms with Crippen LogP contribution in [0.25, 0.3) is 0 Å². The van der Waals surface area contributed by atoms with Crippen molar-refractivity contribution in [1.82, 2.24) is 0 Å². The third-order valence-electron chi connectivity index (χ3n) is 1.05. The van der Waals surface area contributed by atoms with Crippen LogP contribution < -0.4 is 0 Å². The summed E-state index contributed by atoms with van der Waals surface area (Å²) in [5.41, 5.74) is 0. The van der Waals surface area contributed by atoms with E-state index in [2.05, 4.69) is 0 Å². The normalized spacial score (nSPS) is 8.91. The first kappa shape index (κ1) is 13.5. The van der Waals surface area contributed by atoms with Gasteiger partial charge in [-0.05, 0) is 5.92 Å². The quantitative estimate of drug-likeness (QED) is 0.579. The second-order valence-electron chi connectivity index (χ2n) is 2.30. The van der Waals surface area contributed by atoms with E-state index in [9.17, 15) is 9.59 Å². The predicted octanol–water partition coefficient (Wildman–Crippen LogP) is -0.0766. The van der Waals surface area contributed by atoms with Crippen LogP contribution in [-0.2, 0) is 9.59 Å². The molecule has 5 heteroatoms. The topological polar surface area (TPSA) is 74.6 Å².